The van der Waals surface area contributed by atoms with Crippen molar-refractivity contribution in [2.24, 2.45) is 0 Å². The van der Waals surface area contributed by atoms with Crippen molar-refractivity contribution in [2.75, 3.05) is 31.6 Å². The summed E-state index contributed by atoms with van der Waals surface area (Å²) in [7, 11) is 0. The molecular formula is C35H29FN4O4. The molecule has 1 amide bonds. The highest BCUT2D eigenvalue weighted by molar-refractivity contribution is 6.02. The fraction of sp³-hybridized carbons (Fsp3) is 0.200. The van der Waals surface area contributed by atoms with Crippen molar-refractivity contribution < 1.29 is 18.7 Å². The van der Waals surface area contributed by atoms with E-state index in [0.717, 1.165) is 27.2 Å². The summed E-state index contributed by atoms with van der Waals surface area (Å²) < 4.78 is 29.8. The first-order valence-electron chi connectivity index (χ1n) is 14.8. The lowest BCUT2D eigenvalue weighted by molar-refractivity contribution is 0.0302. The van der Waals surface area contributed by atoms with Crippen LogP contribution in [0.15, 0.2) is 83.9 Å². The van der Waals surface area contributed by atoms with Crippen molar-refractivity contribution in [1.82, 2.24) is 14.5 Å². The Kier molecular flexibility index (Phi) is 6.16. The maximum atomic E-state index is 16.1. The van der Waals surface area contributed by atoms with Crippen LogP contribution in [0.5, 0.6) is 11.5 Å². The van der Waals surface area contributed by atoms with Gasteiger partial charge in [0.05, 0.1) is 24.3 Å². The van der Waals surface area contributed by atoms with Gasteiger partial charge < -0.3 is 29.2 Å². The van der Waals surface area contributed by atoms with Gasteiger partial charge in [0.2, 0.25) is 5.43 Å². The number of carbonyl (C=O) groups is 1. The number of para-hydroxylation sites is 1. The van der Waals surface area contributed by atoms with Crippen molar-refractivity contribution in [1.29, 1.82) is 0 Å². The number of carbonyl (C=O) groups excluding carboxylic acids is 1. The number of amides is 1. The van der Waals surface area contributed by atoms with E-state index in [4.69, 9.17) is 9.47 Å². The zero-order valence-corrected chi connectivity index (χ0v) is 24.0. The summed E-state index contributed by atoms with van der Waals surface area (Å²) in [5.41, 5.74) is 2.86. The fourth-order valence-electron chi connectivity index (χ4n) is 6.45. The van der Waals surface area contributed by atoms with E-state index >= 15 is 4.39 Å². The van der Waals surface area contributed by atoms with Gasteiger partial charge in [0.1, 0.15) is 16.8 Å². The number of hydrogen-bond acceptors (Lipinski definition) is 5. The van der Waals surface area contributed by atoms with Crippen LogP contribution < -0.4 is 15.5 Å². The third-order valence-corrected chi connectivity index (χ3v) is 8.61. The number of halogens is 1. The molecule has 2 aliphatic rings. The fourth-order valence-corrected chi connectivity index (χ4v) is 6.45. The number of morpholine rings is 1. The first-order valence-corrected chi connectivity index (χ1v) is 14.8. The van der Waals surface area contributed by atoms with Crippen LogP contribution in [0.25, 0.3) is 38.3 Å². The van der Waals surface area contributed by atoms with E-state index in [9.17, 15) is 9.59 Å². The molecular weight excluding hydrogens is 559 g/mol. The number of nitrogens with zero attached hydrogens (tertiary/aromatic N) is 2. The summed E-state index contributed by atoms with van der Waals surface area (Å²) in [6.45, 7) is 3.57. The summed E-state index contributed by atoms with van der Waals surface area (Å²) in [4.78, 5) is 32.4. The monoisotopic (exact) mass is 588 g/mol. The smallest absolute Gasteiger partial charge is 0.259 e. The topological polar surface area (TPSA) is 88.6 Å². The van der Waals surface area contributed by atoms with Crippen molar-refractivity contribution in [3.8, 4) is 17.2 Å². The summed E-state index contributed by atoms with van der Waals surface area (Å²) in [6.07, 6.45) is 4.19. The third-order valence-electron chi connectivity index (χ3n) is 8.61. The average Bonchev–Trinajstić information content (AvgIpc) is 3.45. The first-order chi connectivity index (χ1) is 21.5. The minimum atomic E-state index is -0.623. The lowest BCUT2D eigenvalue weighted by Gasteiger charge is -2.29. The van der Waals surface area contributed by atoms with Gasteiger partial charge in [0.15, 0.2) is 17.3 Å². The van der Waals surface area contributed by atoms with Gasteiger partial charge in [-0.05, 0) is 53.9 Å². The minimum Gasteiger partial charge on any atom is -0.451 e. The van der Waals surface area contributed by atoms with Crippen LogP contribution in [-0.2, 0) is 11.2 Å². The van der Waals surface area contributed by atoms with Gasteiger partial charge in [-0.25, -0.2) is 4.39 Å². The molecule has 0 saturated carbocycles. The molecule has 6 aromatic rings. The van der Waals surface area contributed by atoms with Crippen molar-refractivity contribution in [3.05, 3.63) is 106 Å². The van der Waals surface area contributed by atoms with Crippen LogP contribution in [0.3, 0.4) is 0 Å². The van der Waals surface area contributed by atoms with Crippen molar-refractivity contribution in [2.45, 2.75) is 19.4 Å². The largest absolute Gasteiger partial charge is 0.451 e. The molecule has 1 atom stereocenters. The maximum Gasteiger partial charge on any atom is 0.259 e. The number of aromatic amines is 1. The first kappa shape index (κ1) is 26.5. The van der Waals surface area contributed by atoms with E-state index in [0.29, 0.717) is 49.7 Å². The quantitative estimate of drug-likeness (QED) is 0.244. The van der Waals surface area contributed by atoms with Crippen LogP contribution in [0.2, 0.25) is 0 Å². The number of rotatable bonds is 5. The third kappa shape index (κ3) is 4.23. The molecule has 4 aromatic carbocycles. The SMILES string of the molecule is CC(Cc1c[nH]c2ccccc12)Nc1c(F)cc2c(=O)c(C(=O)N3CCOCC3)cn3c2c1Oc1cc2ccccc2cc1-3. The number of anilines is 1. The Bertz CT molecular complexity index is 2180. The van der Waals surface area contributed by atoms with E-state index in [1.165, 1.54) is 6.07 Å². The molecule has 220 valence electrons. The van der Waals surface area contributed by atoms with E-state index < -0.39 is 17.2 Å². The Morgan fingerprint density at radius 2 is 1.77 bits per heavy atom. The van der Waals surface area contributed by atoms with E-state index in [2.05, 4.69) is 16.4 Å². The van der Waals surface area contributed by atoms with Crippen molar-refractivity contribution >= 4 is 44.2 Å². The van der Waals surface area contributed by atoms with Gasteiger partial charge in [-0.15, -0.1) is 0 Å². The molecule has 1 unspecified atom stereocenters. The Balaban J connectivity index is 1.29. The Morgan fingerprint density at radius 1 is 1.02 bits per heavy atom. The zero-order valence-electron chi connectivity index (χ0n) is 24.0. The predicted octanol–water partition coefficient (Wildman–Crippen LogP) is 6.39. The second-order valence-corrected chi connectivity index (χ2v) is 11.5. The van der Waals surface area contributed by atoms with Gasteiger partial charge >= 0.3 is 0 Å². The molecule has 2 aromatic heterocycles. The molecule has 8 rings (SSSR count). The van der Waals surface area contributed by atoms with E-state index in [1.807, 2.05) is 67.7 Å². The lowest BCUT2D eigenvalue weighted by Crippen LogP contribution is -2.42. The van der Waals surface area contributed by atoms with Crippen LogP contribution >= 0.6 is 0 Å². The van der Waals surface area contributed by atoms with Gasteiger partial charge in [0.25, 0.3) is 5.91 Å². The second kappa shape index (κ2) is 10.2. The normalized spacial score (nSPS) is 14.9. The number of pyridine rings is 1. The molecule has 4 heterocycles. The number of benzene rings is 4. The number of fused-ring (bicyclic) bond motifs is 4. The number of hydrogen-bond donors (Lipinski definition) is 2. The highest BCUT2D eigenvalue weighted by Crippen LogP contribution is 2.46. The molecule has 1 saturated heterocycles. The Labute approximate surface area is 251 Å². The molecule has 2 N–H and O–H groups in total. The van der Waals surface area contributed by atoms with Crippen LogP contribution in [0.1, 0.15) is 22.8 Å². The summed E-state index contributed by atoms with van der Waals surface area (Å²) >= 11 is 0. The summed E-state index contributed by atoms with van der Waals surface area (Å²) in [6, 6.07) is 20.9. The molecule has 2 aliphatic heterocycles. The van der Waals surface area contributed by atoms with Crippen LogP contribution in [0.4, 0.5) is 10.1 Å². The molecule has 0 radical (unpaired) electrons. The van der Waals surface area contributed by atoms with Crippen LogP contribution in [-0.4, -0.2) is 52.7 Å². The Hall–Kier alpha value is -5.15. The molecule has 0 bridgehead atoms. The average molecular weight is 589 g/mol. The maximum absolute atomic E-state index is 16.1. The molecule has 44 heavy (non-hydrogen) atoms. The minimum absolute atomic E-state index is 0.0147. The Morgan fingerprint density at radius 3 is 2.59 bits per heavy atom. The highest BCUT2D eigenvalue weighted by atomic mass is 19.1. The van der Waals surface area contributed by atoms with Crippen molar-refractivity contribution in [3.63, 3.8) is 0 Å². The number of aromatic nitrogens is 2. The molecule has 0 spiro atoms. The molecule has 8 nitrogen and oxygen atoms in total. The van der Waals surface area contributed by atoms with E-state index in [-0.39, 0.29) is 28.4 Å². The number of nitrogens with one attached hydrogen (secondary N) is 2. The molecule has 1 fully saturated rings. The molecule has 9 heteroatoms. The highest BCUT2D eigenvalue weighted by Gasteiger charge is 2.31. The summed E-state index contributed by atoms with van der Waals surface area (Å²) in [5, 5.41) is 6.47. The number of ether oxygens (including phenoxy) is 2. The van der Waals surface area contributed by atoms with Gasteiger partial charge in [-0.3, -0.25) is 9.59 Å². The predicted molar refractivity (Wildman–Crippen MR) is 169 cm³/mol. The van der Waals surface area contributed by atoms with Gasteiger partial charge in [-0.1, -0.05) is 42.5 Å². The van der Waals surface area contributed by atoms with Crippen LogP contribution in [0, 0.1) is 5.82 Å². The van der Waals surface area contributed by atoms with E-state index in [1.54, 1.807) is 15.7 Å². The number of H-pyrrole nitrogens is 1. The van der Waals surface area contributed by atoms with Gasteiger partial charge in [0, 0.05) is 42.4 Å². The summed E-state index contributed by atoms with van der Waals surface area (Å²) in [5.74, 6) is -0.295. The zero-order chi connectivity index (χ0) is 29.9. The lowest BCUT2D eigenvalue weighted by atomic mass is 10.0. The second-order valence-electron chi connectivity index (χ2n) is 11.5. The standard InChI is InChI=1S/C35H29FN4O4/c1-20(14-23-18-37-28-9-5-4-8-24(23)28)38-31-27(36)17-25-32-34(31)44-30-16-22-7-3-2-6-21(22)15-29(30)40(32)19-26(33(25)41)35(42)39-10-12-43-13-11-39/h2-9,15-20,37-38H,10-14H2,1H3. The molecule has 0 aliphatic carbocycles. The van der Waals surface area contributed by atoms with Gasteiger partial charge in [-0.2, -0.15) is 0 Å².